The van der Waals surface area contributed by atoms with Gasteiger partial charge >= 0.3 is 17.9 Å². The van der Waals surface area contributed by atoms with Crippen molar-refractivity contribution in [3.8, 4) is 0 Å². The van der Waals surface area contributed by atoms with Crippen LogP contribution in [0.2, 0.25) is 0 Å². The van der Waals surface area contributed by atoms with Gasteiger partial charge in [-0.15, -0.1) is 0 Å². The first kappa shape index (κ1) is 77.8. The Morgan fingerprint density at radius 2 is 1.15 bits per heavy atom. The lowest BCUT2D eigenvalue weighted by Gasteiger charge is -2.72. The second-order valence-corrected chi connectivity index (χ2v) is 31.7. The number of hydrogen-bond donors (Lipinski definition) is 16. The number of aliphatic hydroxyl groups is 16. The Balaban J connectivity index is 0.908. The van der Waals surface area contributed by atoms with Crippen LogP contribution in [0.4, 0.5) is 0 Å². The van der Waals surface area contributed by atoms with Crippen molar-refractivity contribution in [1.29, 1.82) is 0 Å². The lowest BCUT2D eigenvalue weighted by molar-refractivity contribution is -0.380. The molecule has 10 rings (SSSR count). The molecule has 16 N–H and O–H groups in total. The average molecular weight is 1410 g/mol. The zero-order valence-corrected chi connectivity index (χ0v) is 57.5. The molecular formula is C67H108O31. The average Bonchev–Trinajstić information content (AvgIpc) is 0.670. The Kier molecular flexibility index (Phi) is 23.2. The molecule has 10 aliphatic rings. The smallest absolute Gasteiger partial charge is 0.317 e. The topological polar surface area (TPSA) is 486 Å². The number of carbonyl (C=O) groups excluding carboxylic acids is 3. The molecule has 31 heteroatoms. The third kappa shape index (κ3) is 13.8. The van der Waals surface area contributed by atoms with Gasteiger partial charge in [0.05, 0.1) is 75.4 Å². The number of aliphatic hydroxyl groups excluding tert-OH is 16. The number of ether oxygens (including phenoxy) is 12. The van der Waals surface area contributed by atoms with Gasteiger partial charge in [0.25, 0.3) is 0 Å². The molecule has 98 heavy (non-hydrogen) atoms. The molecule has 31 nitrogen and oxygen atoms in total. The maximum absolute atomic E-state index is 15.9. The van der Waals surface area contributed by atoms with Crippen LogP contribution in [0.15, 0.2) is 11.6 Å². The van der Waals surface area contributed by atoms with Gasteiger partial charge in [-0.3, -0.25) is 14.4 Å². The number of carbonyl (C=O) groups is 3. The van der Waals surface area contributed by atoms with Crippen LogP contribution in [0, 0.1) is 50.2 Å². The predicted octanol–water partition coefficient (Wildman–Crippen LogP) is -2.93. The SMILES string of the molecule is CC(O)CC(=O)OC(C)CC(=O)O[C@@H]1[C@H](O)[C@@H](O[C@@H]2O[C@@H](C)[C@H](O[C@@H]3OC[C@@H](O)[C@H](O[C@H]4O[C@@H](C)[C@H](O)[C@@H](O)[C@H]4O)[C@H]3O)[C@@H](O)[C@H]2O)[C@H](OC(=O)C23CCC(C)(C)CC2C2=CCC4C5(C)CC(O)C(O[C@@H]6O[C@H](CO)[C@@H](O)[C@H](O)[C@H]6O)[C@@](C)(CO)[C@@H]5CCC4(C)[C@]2(C)C[C@H]3O)O[C@@H]1C. The fourth-order valence-electron chi connectivity index (χ4n) is 19.0. The first-order valence-electron chi connectivity index (χ1n) is 34.6. The van der Waals surface area contributed by atoms with E-state index < -0.39 is 261 Å². The third-order valence-corrected chi connectivity index (χ3v) is 24.6. The quantitative estimate of drug-likeness (QED) is 0.0283. The van der Waals surface area contributed by atoms with E-state index in [0.29, 0.717) is 32.1 Å². The van der Waals surface area contributed by atoms with Crippen molar-refractivity contribution >= 4 is 17.9 Å². The summed E-state index contributed by atoms with van der Waals surface area (Å²) in [6.07, 6.45) is -42.1. The molecule has 37 atom stereocenters. The van der Waals surface area contributed by atoms with Crippen molar-refractivity contribution < 1.29 is 153 Å². The highest BCUT2D eigenvalue weighted by molar-refractivity contribution is 5.80. The van der Waals surface area contributed by atoms with Crippen LogP contribution in [0.3, 0.4) is 0 Å². The molecule has 5 heterocycles. The Hall–Kier alpha value is -2.85. The van der Waals surface area contributed by atoms with Crippen molar-refractivity contribution in [3.63, 3.8) is 0 Å². The largest absolute Gasteiger partial charge is 0.462 e. The Morgan fingerprint density at radius 1 is 0.561 bits per heavy atom. The summed E-state index contributed by atoms with van der Waals surface area (Å²) in [6, 6.07) is 0. The van der Waals surface area contributed by atoms with E-state index in [1.165, 1.54) is 34.6 Å². The van der Waals surface area contributed by atoms with Crippen LogP contribution in [0.1, 0.15) is 140 Å². The maximum atomic E-state index is 15.9. The molecule has 5 aliphatic carbocycles. The van der Waals surface area contributed by atoms with Gasteiger partial charge in [-0.05, 0) is 125 Å². The monoisotopic (exact) mass is 1410 g/mol. The maximum Gasteiger partial charge on any atom is 0.317 e. The Morgan fingerprint density at radius 3 is 1.80 bits per heavy atom. The second kappa shape index (κ2) is 29.2. The third-order valence-electron chi connectivity index (χ3n) is 24.6. The lowest BCUT2D eigenvalue weighted by atomic mass is 9.33. The molecule has 0 radical (unpaired) electrons. The molecule has 0 amide bonds. The van der Waals surface area contributed by atoms with Crippen molar-refractivity contribution in [3.05, 3.63) is 11.6 Å². The van der Waals surface area contributed by atoms with E-state index in [4.69, 9.17) is 56.8 Å². The summed E-state index contributed by atoms with van der Waals surface area (Å²) in [5, 5.41) is 179. The molecule has 0 aromatic rings. The van der Waals surface area contributed by atoms with Gasteiger partial charge in [0.2, 0.25) is 6.29 Å². The minimum absolute atomic E-state index is 0.0569. The number of fused-ring (bicyclic) bond motifs is 7. The van der Waals surface area contributed by atoms with Gasteiger partial charge in [-0.1, -0.05) is 53.2 Å². The van der Waals surface area contributed by atoms with Crippen LogP contribution < -0.4 is 0 Å². The number of rotatable bonds is 18. The standard InChI is InChI=1S/C67H108O31/c1-26(70)18-39(74)88-27(2)19-40(75)93-52-30(5)91-60(54(49(52)84)96-58-48(83)45(80)51(29(4)90-58)94-56-50(85)53(34(72)24-87-56)95-57-46(81)43(78)41(76)28(3)89-57)98-61(86)67-17-16-62(6,7)20-32(67)31-12-13-37-63(8)21-33(71)55(97-59-47(82)44(79)42(77)35(23-68)92-59)64(9,25-69)36(63)14-15-65(37,10)66(31,11)22-38(67)73/h12,26-30,32-38,41-60,68-73,76-85H,13-25H2,1-11H3/t26?,27?,28-,29-,30+,32?,33?,34+,35+,36+,37?,38+,41-,42+,43+,44-,45-,46+,47+,48+,49-,50+,51-,52-,53-,54+,55?,56-,57+,58-,59-,60-,63?,64-,65?,66+,67?/m0/s1. The molecule has 9 unspecified atom stereocenters. The number of esters is 3. The fraction of sp³-hybridized carbons (Fsp3) is 0.925. The molecule has 0 bridgehead atoms. The summed E-state index contributed by atoms with van der Waals surface area (Å²) >= 11 is 0. The molecule has 0 aromatic heterocycles. The number of allylic oxidation sites excluding steroid dienone is 2. The first-order chi connectivity index (χ1) is 45.7. The van der Waals surface area contributed by atoms with Crippen LogP contribution in [0.5, 0.6) is 0 Å². The molecule has 0 aromatic carbocycles. The summed E-state index contributed by atoms with van der Waals surface area (Å²) in [7, 11) is 0. The van der Waals surface area contributed by atoms with Crippen molar-refractivity contribution in [2.24, 2.45) is 50.2 Å². The molecule has 5 aliphatic heterocycles. The van der Waals surface area contributed by atoms with E-state index in [1.54, 1.807) is 0 Å². The molecule has 562 valence electrons. The van der Waals surface area contributed by atoms with Gasteiger partial charge in [-0.25, -0.2) is 0 Å². The van der Waals surface area contributed by atoms with E-state index in [-0.39, 0.29) is 37.5 Å². The Labute approximate surface area is 569 Å². The zero-order chi connectivity index (χ0) is 72.2. The van der Waals surface area contributed by atoms with E-state index in [1.807, 2.05) is 6.92 Å². The Bertz CT molecular complexity index is 2810. The van der Waals surface area contributed by atoms with Crippen LogP contribution in [-0.4, -0.2) is 297 Å². The first-order valence-corrected chi connectivity index (χ1v) is 34.6. The normalized spacial score (nSPS) is 51.6. The van der Waals surface area contributed by atoms with E-state index >= 15 is 4.79 Å². The van der Waals surface area contributed by atoms with Crippen LogP contribution in [-0.2, 0) is 71.2 Å². The summed E-state index contributed by atoms with van der Waals surface area (Å²) in [5.74, 6) is -3.89. The molecule has 0 spiro atoms. The highest BCUT2D eigenvalue weighted by Gasteiger charge is 2.73. The molecule has 5 saturated heterocycles. The minimum Gasteiger partial charge on any atom is -0.462 e. The highest BCUT2D eigenvalue weighted by atomic mass is 16.8. The van der Waals surface area contributed by atoms with Gasteiger partial charge in [0.1, 0.15) is 97.0 Å². The molecule has 9 fully saturated rings. The highest BCUT2D eigenvalue weighted by Crippen LogP contribution is 2.76. The van der Waals surface area contributed by atoms with Gasteiger partial charge in [0.15, 0.2) is 37.4 Å². The van der Waals surface area contributed by atoms with Crippen LogP contribution in [0.25, 0.3) is 0 Å². The summed E-state index contributed by atoms with van der Waals surface area (Å²) in [4.78, 5) is 42.0. The van der Waals surface area contributed by atoms with Gasteiger partial charge in [-0.2, -0.15) is 0 Å². The van der Waals surface area contributed by atoms with Crippen molar-refractivity contribution in [1.82, 2.24) is 0 Å². The number of hydrogen-bond acceptors (Lipinski definition) is 31. The van der Waals surface area contributed by atoms with Crippen molar-refractivity contribution in [2.75, 3.05) is 19.8 Å². The lowest BCUT2D eigenvalue weighted by Crippen LogP contribution is -2.70. The summed E-state index contributed by atoms with van der Waals surface area (Å²) in [5.41, 5.74) is -4.46. The molecular weight excluding hydrogens is 1300 g/mol. The van der Waals surface area contributed by atoms with Crippen LogP contribution >= 0.6 is 0 Å². The summed E-state index contributed by atoms with van der Waals surface area (Å²) in [6.45, 7) is 17.7. The van der Waals surface area contributed by atoms with E-state index in [9.17, 15) is 91.3 Å². The van der Waals surface area contributed by atoms with E-state index in [0.717, 1.165) is 5.57 Å². The predicted molar refractivity (Wildman–Crippen MR) is 330 cm³/mol. The van der Waals surface area contributed by atoms with Gasteiger partial charge < -0.3 is 139 Å². The second-order valence-electron chi connectivity index (χ2n) is 31.7. The van der Waals surface area contributed by atoms with Crippen molar-refractivity contribution in [2.45, 2.75) is 318 Å². The van der Waals surface area contributed by atoms with E-state index in [2.05, 4.69) is 40.7 Å². The summed E-state index contributed by atoms with van der Waals surface area (Å²) < 4.78 is 71.4. The fourth-order valence-corrected chi connectivity index (χ4v) is 19.0. The van der Waals surface area contributed by atoms with Gasteiger partial charge in [0, 0.05) is 5.41 Å². The molecule has 4 saturated carbocycles. The zero-order valence-electron chi connectivity index (χ0n) is 57.5. The minimum atomic E-state index is -2.10.